The number of nitrogens with zero attached hydrogens (tertiary/aromatic N) is 2. The van der Waals surface area contributed by atoms with Crippen LogP contribution in [-0.4, -0.2) is 33.3 Å². The Morgan fingerprint density at radius 3 is 2.62 bits per heavy atom. The van der Waals surface area contributed by atoms with Crippen LogP contribution in [0.1, 0.15) is 12.5 Å². The summed E-state index contributed by atoms with van der Waals surface area (Å²) in [6.07, 6.45) is 1.51. The summed E-state index contributed by atoms with van der Waals surface area (Å²) in [5.74, 6) is -0.559. The number of carbonyl (C=O) groups is 2. The molecule has 1 N–H and O–H groups in total. The molecule has 2 rings (SSSR count). The zero-order valence-electron chi connectivity index (χ0n) is 8.47. The zero-order valence-corrected chi connectivity index (χ0v) is 9.28. The van der Waals surface area contributed by atoms with Crippen molar-refractivity contribution in [3.05, 3.63) is 27.4 Å². The molecule has 1 aliphatic rings. The molecule has 84 valence electrons. The minimum Gasteiger partial charge on any atom is -0.312 e. The average Bonchev–Trinajstić information content (AvgIpc) is 2.46. The second-order valence-electron chi connectivity index (χ2n) is 3.53. The fourth-order valence-corrected chi connectivity index (χ4v) is 1.91. The van der Waals surface area contributed by atoms with E-state index in [1.165, 1.54) is 23.9 Å². The van der Waals surface area contributed by atoms with Gasteiger partial charge in [-0.25, -0.2) is 0 Å². The smallest absolute Gasteiger partial charge is 0.252 e. The molecule has 0 spiro atoms. The van der Waals surface area contributed by atoms with Gasteiger partial charge in [-0.1, -0.05) is 0 Å². The third-order valence-electron chi connectivity index (χ3n) is 2.54. The van der Waals surface area contributed by atoms with E-state index in [4.69, 9.17) is 12.2 Å². The normalized spacial score (nSPS) is 20.6. The van der Waals surface area contributed by atoms with Crippen molar-refractivity contribution in [2.75, 3.05) is 7.05 Å². The van der Waals surface area contributed by atoms with Crippen molar-refractivity contribution in [3.63, 3.8) is 0 Å². The van der Waals surface area contributed by atoms with Crippen molar-refractivity contribution in [3.8, 4) is 0 Å². The van der Waals surface area contributed by atoms with E-state index in [2.05, 4.69) is 4.98 Å². The predicted molar refractivity (Wildman–Crippen MR) is 57.3 cm³/mol. The summed E-state index contributed by atoms with van der Waals surface area (Å²) >= 11 is 4.93. The van der Waals surface area contributed by atoms with E-state index in [1.807, 2.05) is 0 Å². The van der Waals surface area contributed by atoms with Crippen LogP contribution in [0, 0.1) is 4.77 Å². The van der Waals surface area contributed by atoms with Crippen molar-refractivity contribution < 1.29 is 9.59 Å². The van der Waals surface area contributed by atoms with Crippen LogP contribution < -0.4 is 5.56 Å². The molecule has 16 heavy (non-hydrogen) atoms. The fraction of sp³-hybridized carbons (Fsp3) is 0.333. The van der Waals surface area contributed by atoms with E-state index in [0.29, 0.717) is 0 Å². The highest BCUT2D eigenvalue weighted by Gasteiger charge is 2.37. The van der Waals surface area contributed by atoms with Gasteiger partial charge in [0.2, 0.25) is 5.91 Å². The Labute approximate surface area is 95.5 Å². The zero-order chi connectivity index (χ0) is 11.9. The Bertz CT molecular complexity index is 574. The number of amides is 2. The molecule has 6 nitrogen and oxygen atoms in total. The summed E-state index contributed by atoms with van der Waals surface area (Å²) in [4.78, 5) is 37.5. The molecule has 1 aromatic rings. The van der Waals surface area contributed by atoms with Gasteiger partial charge in [-0.2, -0.15) is 0 Å². The van der Waals surface area contributed by atoms with E-state index in [0.717, 1.165) is 4.90 Å². The van der Waals surface area contributed by atoms with Crippen LogP contribution in [0.25, 0.3) is 0 Å². The van der Waals surface area contributed by atoms with Crippen LogP contribution in [0.4, 0.5) is 0 Å². The van der Waals surface area contributed by atoms with E-state index in [9.17, 15) is 14.4 Å². The number of likely N-dealkylation sites (N-methyl/N-ethyl adjacent to an activating group) is 1. The van der Waals surface area contributed by atoms with Crippen LogP contribution in [0.3, 0.4) is 0 Å². The number of hydrogen-bond donors (Lipinski definition) is 1. The molecule has 1 aliphatic heterocycles. The van der Waals surface area contributed by atoms with Crippen LogP contribution in [-0.2, 0) is 9.59 Å². The van der Waals surface area contributed by atoms with Crippen LogP contribution >= 0.6 is 12.2 Å². The lowest BCUT2D eigenvalue weighted by atomic mass is 10.2. The molecular formula is C9H9N3O3S. The number of aromatic amines is 1. The molecule has 0 aliphatic carbocycles. The highest BCUT2D eigenvalue weighted by Crippen LogP contribution is 2.22. The first-order valence-electron chi connectivity index (χ1n) is 4.62. The lowest BCUT2D eigenvalue weighted by Gasteiger charge is -2.12. The number of likely N-dealkylation sites (tertiary alicyclic amines) is 1. The standard InChI is InChI=1S/C9H9N3O3S/c1-11-7(14)4-5(8(11)15)12-3-2-6(13)10-9(12)16/h2-3,5H,4H2,1H3,(H,10,13,16). The summed E-state index contributed by atoms with van der Waals surface area (Å²) in [5, 5.41) is 0. The van der Waals surface area contributed by atoms with Crippen molar-refractivity contribution in [2.45, 2.75) is 12.5 Å². The van der Waals surface area contributed by atoms with Gasteiger partial charge in [-0.3, -0.25) is 24.3 Å². The summed E-state index contributed by atoms with van der Waals surface area (Å²) in [7, 11) is 1.43. The third-order valence-corrected chi connectivity index (χ3v) is 2.86. The van der Waals surface area contributed by atoms with Gasteiger partial charge in [-0.15, -0.1) is 0 Å². The van der Waals surface area contributed by atoms with Gasteiger partial charge in [0.05, 0.1) is 6.42 Å². The fourth-order valence-electron chi connectivity index (χ4n) is 1.63. The molecule has 1 saturated heterocycles. The Balaban J connectivity index is 2.47. The largest absolute Gasteiger partial charge is 0.312 e. The quantitative estimate of drug-likeness (QED) is 0.545. The maximum absolute atomic E-state index is 11.7. The Kier molecular flexibility index (Phi) is 2.47. The predicted octanol–water partition coefficient (Wildman–Crippen LogP) is -0.164. The van der Waals surface area contributed by atoms with Crippen molar-refractivity contribution in [1.29, 1.82) is 0 Å². The Hall–Kier alpha value is -1.76. The number of hydrogen-bond acceptors (Lipinski definition) is 4. The number of carbonyl (C=O) groups excluding carboxylic acids is 2. The Morgan fingerprint density at radius 1 is 1.44 bits per heavy atom. The second-order valence-corrected chi connectivity index (χ2v) is 3.92. The average molecular weight is 239 g/mol. The van der Waals surface area contributed by atoms with Gasteiger partial charge in [0, 0.05) is 19.3 Å². The lowest BCUT2D eigenvalue weighted by molar-refractivity contribution is -0.137. The number of imide groups is 1. The molecule has 0 saturated carbocycles. The summed E-state index contributed by atoms with van der Waals surface area (Å²) in [6, 6.07) is 0.633. The molecule has 0 aromatic carbocycles. The number of aromatic nitrogens is 2. The molecule has 2 amide bonds. The van der Waals surface area contributed by atoms with Crippen molar-refractivity contribution in [1.82, 2.24) is 14.5 Å². The topological polar surface area (TPSA) is 75.2 Å². The van der Waals surface area contributed by atoms with Crippen LogP contribution in [0.2, 0.25) is 0 Å². The van der Waals surface area contributed by atoms with Crippen LogP contribution in [0.5, 0.6) is 0 Å². The third kappa shape index (κ3) is 1.58. The molecule has 1 fully saturated rings. The molecule has 0 radical (unpaired) electrons. The SMILES string of the molecule is CN1C(=O)CC(n2ccc(=O)[nH]c2=S)C1=O. The molecule has 1 aromatic heterocycles. The molecular weight excluding hydrogens is 230 g/mol. The Morgan fingerprint density at radius 2 is 2.12 bits per heavy atom. The summed E-state index contributed by atoms with van der Waals surface area (Å²) < 4.78 is 1.58. The van der Waals surface area contributed by atoms with Crippen molar-refractivity contribution in [2.24, 2.45) is 0 Å². The first kappa shape index (κ1) is 10.7. The molecule has 1 atom stereocenters. The van der Waals surface area contributed by atoms with E-state index in [-0.39, 0.29) is 28.6 Å². The number of rotatable bonds is 1. The van der Waals surface area contributed by atoms with E-state index in [1.54, 1.807) is 0 Å². The van der Waals surface area contributed by atoms with Gasteiger partial charge in [-0.05, 0) is 12.2 Å². The van der Waals surface area contributed by atoms with Gasteiger partial charge in [0.1, 0.15) is 6.04 Å². The summed E-state index contributed by atoms with van der Waals surface area (Å²) in [5.41, 5.74) is -0.327. The van der Waals surface area contributed by atoms with Gasteiger partial charge >= 0.3 is 0 Å². The first-order valence-corrected chi connectivity index (χ1v) is 5.03. The lowest BCUT2D eigenvalue weighted by Crippen LogP contribution is -2.27. The summed E-state index contributed by atoms with van der Waals surface area (Å²) in [6.45, 7) is 0. The maximum Gasteiger partial charge on any atom is 0.252 e. The van der Waals surface area contributed by atoms with E-state index < -0.39 is 6.04 Å². The highest BCUT2D eigenvalue weighted by atomic mass is 32.1. The highest BCUT2D eigenvalue weighted by molar-refractivity contribution is 7.71. The van der Waals surface area contributed by atoms with Gasteiger partial charge < -0.3 is 4.57 Å². The number of H-pyrrole nitrogens is 1. The molecule has 2 heterocycles. The first-order chi connectivity index (χ1) is 7.50. The maximum atomic E-state index is 11.7. The van der Waals surface area contributed by atoms with Crippen LogP contribution in [0.15, 0.2) is 17.1 Å². The molecule has 0 bridgehead atoms. The molecule has 7 heteroatoms. The number of nitrogens with one attached hydrogen (secondary N) is 1. The van der Waals surface area contributed by atoms with E-state index >= 15 is 0 Å². The second kappa shape index (κ2) is 3.67. The van der Waals surface area contributed by atoms with Crippen molar-refractivity contribution >= 4 is 24.0 Å². The molecule has 1 unspecified atom stereocenters. The van der Waals surface area contributed by atoms with Gasteiger partial charge in [0.25, 0.3) is 11.5 Å². The minimum atomic E-state index is -0.637. The minimum absolute atomic E-state index is 0.0791. The van der Waals surface area contributed by atoms with Gasteiger partial charge in [0.15, 0.2) is 4.77 Å². The monoisotopic (exact) mass is 239 g/mol.